The highest BCUT2D eigenvalue weighted by molar-refractivity contribution is 5.80. The fourth-order valence-corrected chi connectivity index (χ4v) is 2.78. The predicted molar refractivity (Wildman–Crippen MR) is 89.1 cm³/mol. The van der Waals surface area contributed by atoms with E-state index < -0.39 is 0 Å². The molecule has 0 aliphatic carbocycles. The van der Waals surface area contributed by atoms with E-state index in [1.54, 1.807) is 24.1 Å². The van der Waals surface area contributed by atoms with Crippen molar-refractivity contribution in [2.24, 2.45) is 0 Å². The molecule has 0 aromatic carbocycles. The van der Waals surface area contributed by atoms with Crippen molar-refractivity contribution in [1.82, 2.24) is 24.6 Å². The smallest absolute Gasteiger partial charge is 0.247 e. The van der Waals surface area contributed by atoms with E-state index in [0.29, 0.717) is 38.0 Å². The Hall–Kier alpha value is -2.64. The van der Waals surface area contributed by atoms with Crippen molar-refractivity contribution in [3.05, 3.63) is 30.2 Å². The molecule has 3 rings (SSSR count). The number of piperazine rings is 1. The lowest BCUT2D eigenvalue weighted by Crippen LogP contribution is -2.50. The molecule has 0 radical (unpaired) electrons. The first-order valence-corrected chi connectivity index (χ1v) is 8.01. The lowest BCUT2D eigenvalue weighted by Gasteiger charge is -2.36. The van der Waals surface area contributed by atoms with E-state index in [0.717, 1.165) is 5.69 Å². The second kappa shape index (κ2) is 6.86. The van der Waals surface area contributed by atoms with Gasteiger partial charge >= 0.3 is 0 Å². The van der Waals surface area contributed by atoms with Crippen LogP contribution in [0.3, 0.4) is 0 Å². The molecule has 1 atom stereocenters. The van der Waals surface area contributed by atoms with Gasteiger partial charge in [0.05, 0.1) is 7.11 Å². The molecule has 1 fully saturated rings. The van der Waals surface area contributed by atoms with Crippen molar-refractivity contribution in [1.29, 1.82) is 0 Å². The SMILES string of the molecule is COc1cc(C)nc(N2CCN(C(=O)[C@@H](C)n3cccn3)CC2)n1. The van der Waals surface area contributed by atoms with Gasteiger partial charge in [0.2, 0.25) is 17.7 Å². The Kier molecular flexibility index (Phi) is 4.64. The van der Waals surface area contributed by atoms with E-state index in [4.69, 9.17) is 4.74 Å². The Morgan fingerprint density at radius 1 is 1.25 bits per heavy atom. The van der Waals surface area contributed by atoms with Gasteiger partial charge in [0.25, 0.3) is 0 Å². The molecule has 0 spiro atoms. The maximum atomic E-state index is 12.6. The van der Waals surface area contributed by atoms with Crippen LogP contribution < -0.4 is 9.64 Å². The Balaban J connectivity index is 1.63. The second-order valence-electron chi connectivity index (χ2n) is 5.83. The van der Waals surface area contributed by atoms with Crippen molar-refractivity contribution in [2.45, 2.75) is 19.9 Å². The number of carbonyl (C=O) groups excluding carboxylic acids is 1. The second-order valence-corrected chi connectivity index (χ2v) is 5.83. The summed E-state index contributed by atoms with van der Waals surface area (Å²) in [6, 6.07) is 3.33. The number of aromatic nitrogens is 4. The first kappa shape index (κ1) is 16.2. The van der Waals surface area contributed by atoms with Crippen LogP contribution in [0, 0.1) is 6.92 Å². The number of nitrogens with zero attached hydrogens (tertiary/aromatic N) is 6. The summed E-state index contributed by atoms with van der Waals surface area (Å²) in [5, 5.41) is 4.15. The highest BCUT2D eigenvalue weighted by Gasteiger charge is 2.27. The standard InChI is InChI=1S/C16H22N6O2/c1-12-11-14(24-3)19-16(18-12)21-9-7-20(8-10-21)15(23)13(2)22-6-4-5-17-22/h4-6,11,13H,7-10H2,1-3H3/t13-/m1/s1. The van der Waals surface area contributed by atoms with Gasteiger partial charge in [-0.05, 0) is 19.9 Å². The summed E-state index contributed by atoms with van der Waals surface area (Å²) in [6.45, 7) is 6.47. The molecule has 1 amide bonds. The maximum Gasteiger partial charge on any atom is 0.247 e. The minimum atomic E-state index is -0.290. The van der Waals surface area contributed by atoms with Gasteiger partial charge in [-0.2, -0.15) is 10.1 Å². The Morgan fingerprint density at radius 3 is 2.62 bits per heavy atom. The third kappa shape index (κ3) is 3.32. The first-order chi connectivity index (χ1) is 11.6. The molecule has 1 aliphatic rings. The number of aryl methyl sites for hydroxylation is 1. The molecule has 1 aliphatic heterocycles. The number of ether oxygens (including phenoxy) is 1. The van der Waals surface area contributed by atoms with Crippen LogP contribution in [-0.2, 0) is 4.79 Å². The quantitative estimate of drug-likeness (QED) is 0.829. The van der Waals surface area contributed by atoms with Crippen LogP contribution in [0.1, 0.15) is 18.7 Å². The van der Waals surface area contributed by atoms with E-state index in [9.17, 15) is 4.79 Å². The van der Waals surface area contributed by atoms with Gasteiger partial charge in [0, 0.05) is 50.3 Å². The number of carbonyl (C=O) groups is 1. The summed E-state index contributed by atoms with van der Waals surface area (Å²) in [6.07, 6.45) is 3.50. The average molecular weight is 330 g/mol. The predicted octanol–water partition coefficient (Wildman–Crippen LogP) is 0.900. The molecule has 8 nitrogen and oxygen atoms in total. The molecule has 2 aromatic heterocycles. The number of methoxy groups -OCH3 is 1. The summed E-state index contributed by atoms with van der Waals surface area (Å²) >= 11 is 0. The third-order valence-corrected chi connectivity index (χ3v) is 4.18. The fraction of sp³-hybridized carbons (Fsp3) is 0.500. The maximum absolute atomic E-state index is 12.6. The van der Waals surface area contributed by atoms with E-state index >= 15 is 0 Å². The Labute approximate surface area is 141 Å². The molecule has 2 aromatic rings. The van der Waals surface area contributed by atoms with E-state index in [-0.39, 0.29) is 11.9 Å². The minimum Gasteiger partial charge on any atom is -0.481 e. The summed E-state index contributed by atoms with van der Waals surface area (Å²) in [5.74, 6) is 1.29. The van der Waals surface area contributed by atoms with Crippen molar-refractivity contribution < 1.29 is 9.53 Å². The van der Waals surface area contributed by atoms with E-state index in [1.807, 2.05) is 31.0 Å². The zero-order chi connectivity index (χ0) is 17.1. The zero-order valence-electron chi connectivity index (χ0n) is 14.2. The van der Waals surface area contributed by atoms with Gasteiger partial charge in [-0.3, -0.25) is 9.48 Å². The van der Waals surface area contributed by atoms with Crippen molar-refractivity contribution >= 4 is 11.9 Å². The van der Waals surface area contributed by atoms with E-state index in [2.05, 4.69) is 20.0 Å². The van der Waals surface area contributed by atoms with Gasteiger partial charge in [-0.25, -0.2) is 4.98 Å². The van der Waals surface area contributed by atoms with Gasteiger partial charge in [0.1, 0.15) is 6.04 Å². The minimum absolute atomic E-state index is 0.0843. The molecule has 1 saturated heterocycles. The normalized spacial score (nSPS) is 16.1. The zero-order valence-corrected chi connectivity index (χ0v) is 14.2. The molecule has 0 saturated carbocycles. The lowest BCUT2D eigenvalue weighted by atomic mass is 10.2. The van der Waals surface area contributed by atoms with Crippen LogP contribution in [0.25, 0.3) is 0 Å². The molecular formula is C16H22N6O2. The molecule has 0 unspecified atom stereocenters. The van der Waals surface area contributed by atoms with Gasteiger partial charge in [-0.1, -0.05) is 0 Å². The highest BCUT2D eigenvalue weighted by atomic mass is 16.5. The molecule has 3 heterocycles. The first-order valence-electron chi connectivity index (χ1n) is 8.01. The van der Waals surface area contributed by atoms with Gasteiger partial charge in [-0.15, -0.1) is 0 Å². The number of amides is 1. The molecule has 128 valence electrons. The van der Waals surface area contributed by atoms with E-state index in [1.165, 1.54) is 0 Å². The largest absolute Gasteiger partial charge is 0.481 e. The summed E-state index contributed by atoms with van der Waals surface area (Å²) < 4.78 is 6.89. The lowest BCUT2D eigenvalue weighted by molar-refractivity contribution is -0.134. The topological polar surface area (TPSA) is 76.4 Å². The number of rotatable bonds is 4. The summed E-state index contributed by atoms with van der Waals surface area (Å²) in [7, 11) is 1.60. The van der Waals surface area contributed by atoms with Crippen LogP contribution >= 0.6 is 0 Å². The highest BCUT2D eigenvalue weighted by Crippen LogP contribution is 2.18. The molecule has 0 N–H and O–H groups in total. The average Bonchev–Trinajstić information content (AvgIpc) is 3.14. The van der Waals surface area contributed by atoms with Crippen LogP contribution in [-0.4, -0.2) is 63.8 Å². The molecule has 24 heavy (non-hydrogen) atoms. The molecular weight excluding hydrogens is 308 g/mol. The number of hydrogen-bond donors (Lipinski definition) is 0. The number of hydrogen-bond acceptors (Lipinski definition) is 6. The van der Waals surface area contributed by atoms with Crippen LogP contribution in [0.4, 0.5) is 5.95 Å². The Bertz CT molecular complexity index is 695. The van der Waals surface area contributed by atoms with Gasteiger partial charge in [0.15, 0.2) is 0 Å². The van der Waals surface area contributed by atoms with Gasteiger partial charge < -0.3 is 14.5 Å². The Morgan fingerprint density at radius 2 is 2.00 bits per heavy atom. The summed E-state index contributed by atoms with van der Waals surface area (Å²) in [4.78, 5) is 25.4. The van der Waals surface area contributed by atoms with Crippen molar-refractivity contribution in [3.63, 3.8) is 0 Å². The summed E-state index contributed by atoms with van der Waals surface area (Å²) in [5.41, 5.74) is 0.864. The molecule has 0 bridgehead atoms. The molecule has 8 heteroatoms. The van der Waals surface area contributed by atoms with Crippen LogP contribution in [0.5, 0.6) is 5.88 Å². The third-order valence-electron chi connectivity index (χ3n) is 4.18. The van der Waals surface area contributed by atoms with Crippen molar-refractivity contribution in [3.8, 4) is 5.88 Å². The number of anilines is 1. The van der Waals surface area contributed by atoms with Crippen LogP contribution in [0.2, 0.25) is 0 Å². The monoisotopic (exact) mass is 330 g/mol. The van der Waals surface area contributed by atoms with Crippen LogP contribution in [0.15, 0.2) is 24.5 Å². The fourth-order valence-electron chi connectivity index (χ4n) is 2.78. The van der Waals surface area contributed by atoms with Crippen molar-refractivity contribution in [2.75, 3.05) is 38.2 Å².